The Morgan fingerprint density at radius 2 is 1.82 bits per heavy atom. The molecule has 3 rings (SSSR count). The van der Waals surface area contributed by atoms with Crippen LogP contribution >= 0.6 is 0 Å². The van der Waals surface area contributed by atoms with Gasteiger partial charge in [-0.05, 0) is 48.7 Å². The summed E-state index contributed by atoms with van der Waals surface area (Å²) in [5, 5.41) is 12.1. The van der Waals surface area contributed by atoms with E-state index in [0.717, 1.165) is 16.7 Å². The predicted molar refractivity (Wildman–Crippen MR) is 109 cm³/mol. The maximum absolute atomic E-state index is 12.7. The van der Waals surface area contributed by atoms with E-state index in [1.165, 1.54) is 6.92 Å². The van der Waals surface area contributed by atoms with Gasteiger partial charge in [-0.3, -0.25) is 9.59 Å². The molecule has 1 aliphatic heterocycles. The number of anilines is 1. The number of nitrogens with zero attached hydrogens (tertiary/aromatic N) is 2. The first-order chi connectivity index (χ1) is 13.3. The van der Waals surface area contributed by atoms with Crippen LogP contribution in [0.3, 0.4) is 0 Å². The summed E-state index contributed by atoms with van der Waals surface area (Å²) >= 11 is 0. The van der Waals surface area contributed by atoms with Gasteiger partial charge in [0.2, 0.25) is 11.8 Å². The van der Waals surface area contributed by atoms with Gasteiger partial charge in [0.15, 0.2) is 0 Å². The molecule has 5 heteroatoms. The van der Waals surface area contributed by atoms with Crippen molar-refractivity contribution in [2.24, 2.45) is 0 Å². The zero-order chi connectivity index (χ0) is 20.3. The minimum atomic E-state index is -0.581. The first kappa shape index (κ1) is 19.4. The second kappa shape index (κ2) is 7.69. The van der Waals surface area contributed by atoms with Crippen LogP contribution in [0.2, 0.25) is 0 Å². The Labute approximate surface area is 165 Å². The Balaban J connectivity index is 1.76. The van der Waals surface area contributed by atoms with Crippen molar-refractivity contribution in [2.45, 2.75) is 38.6 Å². The van der Waals surface area contributed by atoms with Crippen LogP contribution in [0.4, 0.5) is 5.69 Å². The van der Waals surface area contributed by atoms with Crippen molar-refractivity contribution in [1.82, 2.24) is 4.90 Å². The number of rotatable bonds is 4. The minimum absolute atomic E-state index is 0.105. The molecule has 1 atom stereocenters. The van der Waals surface area contributed by atoms with Gasteiger partial charge in [0, 0.05) is 18.8 Å². The first-order valence-electron chi connectivity index (χ1n) is 9.19. The van der Waals surface area contributed by atoms with Crippen molar-refractivity contribution in [3.05, 3.63) is 71.4 Å². The molecule has 2 aromatic rings. The van der Waals surface area contributed by atoms with Gasteiger partial charge in [-0.25, -0.2) is 0 Å². The van der Waals surface area contributed by atoms with Crippen LogP contribution in [0.1, 0.15) is 49.9 Å². The molecular weight excluding hydrogens is 350 g/mol. The third kappa shape index (κ3) is 3.96. The van der Waals surface area contributed by atoms with Crippen molar-refractivity contribution < 1.29 is 9.59 Å². The highest BCUT2D eigenvalue weighted by molar-refractivity contribution is 5.92. The molecule has 2 amide bonds. The smallest absolute Gasteiger partial charge is 0.226 e. The number of carbonyl (C=O) groups is 2. The van der Waals surface area contributed by atoms with E-state index in [-0.39, 0.29) is 24.3 Å². The van der Waals surface area contributed by atoms with Crippen LogP contribution in [0.5, 0.6) is 0 Å². The summed E-state index contributed by atoms with van der Waals surface area (Å²) in [6, 6.07) is 17.0. The number of hydrogen-bond donors (Lipinski definition) is 1. The fraction of sp³-hybridized carbons (Fsp3) is 0.261. The lowest BCUT2D eigenvalue weighted by Crippen LogP contribution is -2.33. The molecule has 0 saturated heterocycles. The SMILES string of the molecule is CC(=O)N1C=Cc2ccccc2[C@@H]1CC(=O)Nc1ccc(C(C)(C)C#N)cc1. The molecule has 1 N–H and O–H groups in total. The minimum Gasteiger partial charge on any atom is -0.326 e. The van der Waals surface area contributed by atoms with Gasteiger partial charge in [0.25, 0.3) is 0 Å². The van der Waals surface area contributed by atoms with E-state index in [9.17, 15) is 14.9 Å². The summed E-state index contributed by atoms with van der Waals surface area (Å²) in [7, 11) is 0. The number of hydrogen-bond acceptors (Lipinski definition) is 3. The number of nitrogens with one attached hydrogen (secondary N) is 1. The van der Waals surface area contributed by atoms with E-state index >= 15 is 0 Å². The highest BCUT2D eigenvalue weighted by Crippen LogP contribution is 2.33. The maximum Gasteiger partial charge on any atom is 0.226 e. The summed E-state index contributed by atoms with van der Waals surface area (Å²) in [4.78, 5) is 26.3. The standard InChI is InChI=1S/C23H23N3O2/c1-16(27)26-13-12-17-6-4-5-7-20(17)21(26)14-22(28)25-19-10-8-18(9-11-19)23(2,3)15-24/h4-13,21H,14H2,1-3H3,(H,25,28)/t21-/m0/s1. The molecule has 0 saturated carbocycles. The van der Waals surface area contributed by atoms with Crippen molar-refractivity contribution in [3.63, 3.8) is 0 Å². The zero-order valence-corrected chi connectivity index (χ0v) is 16.3. The Morgan fingerprint density at radius 1 is 1.14 bits per heavy atom. The number of carbonyl (C=O) groups excluding carboxylic acids is 2. The fourth-order valence-corrected chi connectivity index (χ4v) is 3.34. The van der Waals surface area contributed by atoms with Crippen molar-refractivity contribution in [3.8, 4) is 6.07 Å². The largest absolute Gasteiger partial charge is 0.326 e. The average Bonchev–Trinajstić information content (AvgIpc) is 2.68. The Morgan fingerprint density at radius 3 is 2.46 bits per heavy atom. The van der Waals surface area contributed by atoms with Crippen molar-refractivity contribution in [1.29, 1.82) is 5.26 Å². The van der Waals surface area contributed by atoms with Gasteiger partial charge < -0.3 is 10.2 Å². The lowest BCUT2D eigenvalue weighted by molar-refractivity contribution is -0.129. The molecule has 5 nitrogen and oxygen atoms in total. The van der Waals surface area contributed by atoms with Gasteiger partial charge in [-0.1, -0.05) is 36.4 Å². The van der Waals surface area contributed by atoms with Gasteiger partial charge in [-0.2, -0.15) is 5.26 Å². The molecule has 0 unspecified atom stereocenters. The predicted octanol–water partition coefficient (Wildman–Crippen LogP) is 4.39. The molecular formula is C23H23N3O2. The highest BCUT2D eigenvalue weighted by atomic mass is 16.2. The van der Waals surface area contributed by atoms with Crippen LogP contribution < -0.4 is 5.32 Å². The van der Waals surface area contributed by atoms with Crippen LogP contribution in [0.25, 0.3) is 6.08 Å². The zero-order valence-electron chi connectivity index (χ0n) is 16.3. The van der Waals surface area contributed by atoms with Gasteiger partial charge in [0.1, 0.15) is 0 Å². The van der Waals surface area contributed by atoms with Gasteiger partial charge in [0.05, 0.1) is 23.9 Å². The normalized spacial score (nSPS) is 15.5. The Bertz CT molecular complexity index is 968. The van der Waals surface area contributed by atoms with E-state index < -0.39 is 5.41 Å². The molecule has 0 bridgehead atoms. The highest BCUT2D eigenvalue weighted by Gasteiger charge is 2.28. The van der Waals surface area contributed by atoms with Crippen LogP contribution in [-0.4, -0.2) is 16.7 Å². The average molecular weight is 373 g/mol. The Kier molecular flexibility index (Phi) is 5.32. The van der Waals surface area contributed by atoms with Gasteiger partial charge >= 0.3 is 0 Å². The monoisotopic (exact) mass is 373 g/mol. The summed E-state index contributed by atoms with van der Waals surface area (Å²) in [6.07, 6.45) is 3.79. The molecule has 0 spiro atoms. The van der Waals surface area contributed by atoms with Gasteiger partial charge in [-0.15, -0.1) is 0 Å². The molecule has 2 aromatic carbocycles. The lowest BCUT2D eigenvalue weighted by atomic mass is 9.86. The summed E-state index contributed by atoms with van der Waals surface area (Å²) in [6.45, 7) is 5.20. The van der Waals surface area contributed by atoms with Crippen molar-refractivity contribution in [2.75, 3.05) is 5.32 Å². The quantitative estimate of drug-likeness (QED) is 0.864. The molecule has 1 heterocycles. The number of benzene rings is 2. The second-order valence-electron chi connectivity index (χ2n) is 7.45. The molecule has 1 aliphatic rings. The van der Waals surface area contributed by atoms with Crippen LogP contribution in [-0.2, 0) is 15.0 Å². The van der Waals surface area contributed by atoms with E-state index in [4.69, 9.17) is 0 Å². The summed E-state index contributed by atoms with van der Waals surface area (Å²) < 4.78 is 0. The van der Waals surface area contributed by atoms with Crippen LogP contribution in [0, 0.1) is 11.3 Å². The number of fused-ring (bicyclic) bond motifs is 1. The van der Waals surface area contributed by atoms with Crippen molar-refractivity contribution >= 4 is 23.6 Å². The fourth-order valence-electron chi connectivity index (χ4n) is 3.34. The molecule has 0 aliphatic carbocycles. The lowest BCUT2D eigenvalue weighted by Gasteiger charge is -2.32. The maximum atomic E-state index is 12.7. The third-order valence-electron chi connectivity index (χ3n) is 5.02. The van der Waals surface area contributed by atoms with Crippen LogP contribution in [0.15, 0.2) is 54.7 Å². The van der Waals surface area contributed by atoms with E-state index in [2.05, 4.69) is 11.4 Å². The molecule has 142 valence electrons. The molecule has 0 fully saturated rings. The molecule has 0 radical (unpaired) electrons. The van der Waals surface area contributed by atoms with E-state index in [1.807, 2.05) is 56.3 Å². The number of nitriles is 1. The first-order valence-corrected chi connectivity index (χ1v) is 9.19. The summed E-state index contributed by atoms with van der Waals surface area (Å²) in [5.74, 6) is -0.278. The topological polar surface area (TPSA) is 73.2 Å². The number of amides is 2. The molecule has 28 heavy (non-hydrogen) atoms. The second-order valence-corrected chi connectivity index (χ2v) is 7.45. The van der Waals surface area contributed by atoms with E-state index in [1.54, 1.807) is 23.2 Å². The summed E-state index contributed by atoms with van der Waals surface area (Å²) in [5.41, 5.74) is 2.95. The third-order valence-corrected chi connectivity index (χ3v) is 5.02. The van der Waals surface area contributed by atoms with E-state index in [0.29, 0.717) is 5.69 Å². The molecule has 0 aromatic heterocycles. The Hall–Kier alpha value is -3.39.